The smallest absolute Gasteiger partial charge is 0.153 e. The highest BCUT2D eigenvalue weighted by Gasteiger charge is 2.17. The minimum absolute atomic E-state index is 0.0905. The van der Waals surface area contributed by atoms with Crippen LogP contribution in [0.15, 0.2) is 65.1 Å². The number of phenolic OH excluding ortho intramolecular Hbond substituents is 1. The molecule has 3 nitrogen and oxygen atoms in total. The molecule has 1 aromatic heterocycles. The lowest BCUT2D eigenvalue weighted by molar-refractivity contribution is 0.112. The molecule has 0 fully saturated rings. The number of halogens is 2. The van der Waals surface area contributed by atoms with Gasteiger partial charge in [-0.25, -0.2) is 8.78 Å². The number of phenols is 1. The predicted octanol–water partition coefficient (Wildman–Crippen LogP) is 5.30. The molecule has 0 amide bonds. The van der Waals surface area contributed by atoms with E-state index in [2.05, 4.69) is 11.8 Å². The lowest BCUT2D eigenvalue weighted by atomic mass is 10.0. The number of aromatic hydroxyl groups is 1. The minimum Gasteiger partial charge on any atom is -0.507 e. The molecule has 4 aromatic rings. The number of hydrogen-bond acceptors (Lipinski definition) is 3. The monoisotopic (exact) mass is 374 g/mol. The van der Waals surface area contributed by atoms with Gasteiger partial charge >= 0.3 is 0 Å². The van der Waals surface area contributed by atoms with E-state index in [0.717, 1.165) is 23.8 Å². The van der Waals surface area contributed by atoms with Gasteiger partial charge in [-0.2, -0.15) is 0 Å². The largest absolute Gasteiger partial charge is 0.507 e. The van der Waals surface area contributed by atoms with Gasteiger partial charge in [-0.3, -0.25) is 4.79 Å². The standard InChI is InChI=1S/C23H12F2O3/c24-17-8-14(9-18(25)11-17)6-7-19-20-10-16(13-26)21(27)12-22(20)28-23(19)15-4-2-1-3-5-15/h1-5,8-13,27H. The summed E-state index contributed by atoms with van der Waals surface area (Å²) in [6, 6.07) is 15.0. The van der Waals surface area contributed by atoms with Crippen LogP contribution in [0.1, 0.15) is 21.5 Å². The van der Waals surface area contributed by atoms with Crippen LogP contribution in [0.5, 0.6) is 5.75 Å². The maximum atomic E-state index is 13.4. The number of fused-ring (bicyclic) bond motifs is 1. The number of hydrogen-bond donors (Lipinski definition) is 1. The second-order valence-electron chi connectivity index (χ2n) is 6.11. The van der Waals surface area contributed by atoms with Gasteiger partial charge in [0.1, 0.15) is 23.0 Å². The Labute approximate surface area is 158 Å². The highest BCUT2D eigenvalue weighted by Crippen LogP contribution is 2.36. The van der Waals surface area contributed by atoms with Crippen LogP contribution in [-0.2, 0) is 0 Å². The van der Waals surface area contributed by atoms with Gasteiger partial charge in [0.15, 0.2) is 12.0 Å². The zero-order valence-corrected chi connectivity index (χ0v) is 14.4. The average Bonchev–Trinajstić information content (AvgIpc) is 3.02. The van der Waals surface area contributed by atoms with Crippen LogP contribution in [0.25, 0.3) is 22.3 Å². The van der Waals surface area contributed by atoms with Crippen molar-refractivity contribution in [2.24, 2.45) is 0 Å². The van der Waals surface area contributed by atoms with Crippen molar-refractivity contribution in [1.29, 1.82) is 0 Å². The van der Waals surface area contributed by atoms with Gasteiger partial charge < -0.3 is 9.52 Å². The van der Waals surface area contributed by atoms with Crippen molar-refractivity contribution >= 4 is 17.3 Å². The SMILES string of the molecule is O=Cc1cc2c(C#Cc3cc(F)cc(F)c3)c(-c3ccccc3)oc2cc1O. The number of carbonyl (C=O) groups excluding carboxylic acids is 1. The molecule has 0 radical (unpaired) electrons. The molecule has 1 heterocycles. The summed E-state index contributed by atoms with van der Waals surface area (Å²) in [4.78, 5) is 11.2. The van der Waals surface area contributed by atoms with E-state index in [1.807, 2.05) is 30.3 Å². The van der Waals surface area contributed by atoms with Gasteiger partial charge in [-0.15, -0.1) is 0 Å². The summed E-state index contributed by atoms with van der Waals surface area (Å²) in [5, 5.41) is 10.5. The van der Waals surface area contributed by atoms with Crippen LogP contribution < -0.4 is 0 Å². The predicted molar refractivity (Wildman–Crippen MR) is 101 cm³/mol. The molecule has 1 N–H and O–H groups in total. The molecule has 0 bridgehead atoms. The van der Waals surface area contributed by atoms with Crippen LogP contribution in [0.3, 0.4) is 0 Å². The van der Waals surface area contributed by atoms with Gasteiger partial charge in [0.25, 0.3) is 0 Å². The molecule has 5 heteroatoms. The molecule has 0 unspecified atom stereocenters. The highest BCUT2D eigenvalue weighted by atomic mass is 19.1. The van der Waals surface area contributed by atoms with Crippen molar-refractivity contribution in [2.75, 3.05) is 0 Å². The summed E-state index contributed by atoms with van der Waals surface area (Å²) in [6.07, 6.45) is 0.531. The Balaban J connectivity index is 1.97. The summed E-state index contributed by atoms with van der Waals surface area (Å²) in [5.74, 6) is 4.42. The van der Waals surface area contributed by atoms with Gasteiger partial charge in [-0.1, -0.05) is 42.2 Å². The number of rotatable bonds is 2. The summed E-state index contributed by atoms with van der Waals surface area (Å²) >= 11 is 0. The molecule has 0 saturated carbocycles. The number of aldehydes is 1. The van der Waals surface area contributed by atoms with E-state index < -0.39 is 11.6 Å². The van der Waals surface area contributed by atoms with Crippen molar-refractivity contribution in [3.63, 3.8) is 0 Å². The second-order valence-corrected chi connectivity index (χ2v) is 6.11. The molecule has 0 spiro atoms. The van der Waals surface area contributed by atoms with E-state index in [1.165, 1.54) is 12.1 Å². The fourth-order valence-electron chi connectivity index (χ4n) is 2.92. The van der Waals surface area contributed by atoms with E-state index in [1.54, 1.807) is 0 Å². The maximum Gasteiger partial charge on any atom is 0.153 e. The third-order valence-corrected chi connectivity index (χ3v) is 4.19. The Morgan fingerprint density at radius 3 is 2.32 bits per heavy atom. The fourth-order valence-corrected chi connectivity index (χ4v) is 2.92. The molecule has 28 heavy (non-hydrogen) atoms. The van der Waals surface area contributed by atoms with E-state index >= 15 is 0 Å². The zero-order chi connectivity index (χ0) is 19.7. The average molecular weight is 374 g/mol. The molecule has 136 valence electrons. The van der Waals surface area contributed by atoms with Gasteiger partial charge in [0.2, 0.25) is 0 Å². The van der Waals surface area contributed by atoms with E-state index in [9.17, 15) is 18.7 Å². The lowest BCUT2D eigenvalue weighted by Gasteiger charge is -1.98. The topological polar surface area (TPSA) is 50.4 Å². The Hall–Kier alpha value is -3.91. The Morgan fingerprint density at radius 1 is 0.929 bits per heavy atom. The third-order valence-electron chi connectivity index (χ3n) is 4.19. The summed E-state index contributed by atoms with van der Waals surface area (Å²) < 4.78 is 32.8. The third kappa shape index (κ3) is 3.24. The van der Waals surface area contributed by atoms with Crippen LogP contribution in [0.4, 0.5) is 8.78 Å². The summed E-state index contributed by atoms with van der Waals surface area (Å²) in [6.45, 7) is 0. The van der Waals surface area contributed by atoms with Crippen LogP contribution in [-0.4, -0.2) is 11.4 Å². The minimum atomic E-state index is -0.724. The van der Waals surface area contributed by atoms with Gasteiger partial charge in [0.05, 0.1) is 11.1 Å². The summed E-state index contributed by atoms with van der Waals surface area (Å²) in [7, 11) is 0. The summed E-state index contributed by atoms with van der Waals surface area (Å²) in [5.41, 5.74) is 1.79. The quantitative estimate of drug-likeness (QED) is 0.383. The molecule has 0 aliphatic heterocycles. The van der Waals surface area contributed by atoms with Gasteiger partial charge in [-0.05, 0) is 18.2 Å². The number of benzene rings is 3. The van der Waals surface area contributed by atoms with E-state index in [-0.39, 0.29) is 16.9 Å². The van der Waals surface area contributed by atoms with E-state index in [0.29, 0.717) is 28.6 Å². The second kappa shape index (κ2) is 7.01. The van der Waals surface area contributed by atoms with Crippen molar-refractivity contribution in [2.45, 2.75) is 0 Å². The molecule has 0 atom stereocenters. The highest BCUT2D eigenvalue weighted by molar-refractivity contribution is 5.96. The first-order valence-electron chi connectivity index (χ1n) is 8.33. The van der Waals surface area contributed by atoms with Crippen molar-refractivity contribution in [3.05, 3.63) is 89.0 Å². The van der Waals surface area contributed by atoms with E-state index in [4.69, 9.17) is 4.42 Å². The first-order chi connectivity index (χ1) is 13.5. The van der Waals surface area contributed by atoms with Crippen molar-refractivity contribution < 1.29 is 23.1 Å². The maximum absolute atomic E-state index is 13.4. The number of carbonyl (C=O) groups is 1. The van der Waals surface area contributed by atoms with Crippen LogP contribution in [0, 0.1) is 23.5 Å². The van der Waals surface area contributed by atoms with Gasteiger partial charge in [0, 0.05) is 28.6 Å². The molecular formula is C23H12F2O3. The van der Waals surface area contributed by atoms with Crippen molar-refractivity contribution in [1.82, 2.24) is 0 Å². The Kier molecular flexibility index (Phi) is 4.38. The zero-order valence-electron chi connectivity index (χ0n) is 14.4. The molecule has 0 aliphatic rings. The molecular weight excluding hydrogens is 362 g/mol. The first-order valence-corrected chi connectivity index (χ1v) is 8.33. The lowest BCUT2D eigenvalue weighted by Crippen LogP contribution is -1.85. The fraction of sp³-hybridized carbons (Fsp3) is 0. The molecule has 3 aromatic carbocycles. The molecule has 0 saturated heterocycles. The normalized spacial score (nSPS) is 10.5. The Bertz CT molecular complexity index is 1240. The first kappa shape index (κ1) is 17.5. The Morgan fingerprint density at radius 2 is 1.64 bits per heavy atom. The van der Waals surface area contributed by atoms with Crippen LogP contribution in [0.2, 0.25) is 0 Å². The molecule has 4 rings (SSSR count). The molecule has 0 aliphatic carbocycles. The van der Waals surface area contributed by atoms with Crippen LogP contribution >= 0.6 is 0 Å². The number of furan rings is 1. The van der Waals surface area contributed by atoms with Crippen molar-refractivity contribution in [3.8, 4) is 28.9 Å².